The largest absolute Gasteiger partial charge is 0.487 e. The average Bonchev–Trinajstić information content (AvgIpc) is 2.63. The third-order valence-electron chi connectivity index (χ3n) is 2.18. The predicted octanol–water partition coefficient (Wildman–Crippen LogP) is 3.48. The van der Waals surface area contributed by atoms with Crippen LogP contribution in [0.4, 0.5) is 4.39 Å². The predicted molar refractivity (Wildman–Crippen MR) is 62.3 cm³/mol. The fourth-order valence-electron chi connectivity index (χ4n) is 1.40. The molecule has 2 rings (SSSR count). The van der Waals surface area contributed by atoms with E-state index in [2.05, 4.69) is 4.98 Å². The second-order valence-electron chi connectivity index (χ2n) is 3.56. The molecule has 0 aliphatic carbocycles. The van der Waals surface area contributed by atoms with Gasteiger partial charge in [-0.3, -0.25) is 0 Å². The lowest BCUT2D eigenvalue weighted by atomic mass is 10.2. The number of benzene rings is 1. The summed E-state index contributed by atoms with van der Waals surface area (Å²) < 4.78 is 18.4. The van der Waals surface area contributed by atoms with Crippen LogP contribution >= 0.6 is 11.3 Å². The summed E-state index contributed by atoms with van der Waals surface area (Å²) in [6.07, 6.45) is 0. The molecule has 0 unspecified atom stereocenters. The number of hydrogen-bond acceptors (Lipinski definition) is 3. The van der Waals surface area contributed by atoms with Crippen molar-refractivity contribution in [3.63, 3.8) is 0 Å². The summed E-state index contributed by atoms with van der Waals surface area (Å²) in [5.41, 5.74) is 1.71. The Morgan fingerprint density at radius 3 is 2.81 bits per heavy atom. The molecule has 1 aromatic carbocycles. The van der Waals surface area contributed by atoms with Crippen LogP contribution in [0.2, 0.25) is 0 Å². The molecule has 0 amide bonds. The summed E-state index contributed by atoms with van der Waals surface area (Å²) in [5, 5.41) is 2.99. The van der Waals surface area contributed by atoms with Gasteiger partial charge in [0.05, 0.1) is 10.7 Å². The van der Waals surface area contributed by atoms with Gasteiger partial charge >= 0.3 is 0 Å². The lowest BCUT2D eigenvalue weighted by Gasteiger charge is -2.07. The van der Waals surface area contributed by atoms with Crippen LogP contribution in [0, 0.1) is 19.7 Å². The molecule has 1 aromatic heterocycles. The minimum Gasteiger partial charge on any atom is -0.487 e. The van der Waals surface area contributed by atoms with Gasteiger partial charge in [-0.05, 0) is 37.6 Å². The van der Waals surface area contributed by atoms with E-state index in [-0.39, 0.29) is 5.82 Å². The molecular weight excluding hydrogens is 225 g/mol. The number of halogens is 1. The van der Waals surface area contributed by atoms with Crippen molar-refractivity contribution >= 4 is 11.3 Å². The highest BCUT2D eigenvalue weighted by Gasteiger charge is 2.03. The van der Waals surface area contributed by atoms with Gasteiger partial charge in [0, 0.05) is 5.38 Å². The van der Waals surface area contributed by atoms with Crippen LogP contribution in [-0.2, 0) is 6.61 Å². The van der Waals surface area contributed by atoms with Gasteiger partial charge in [0.25, 0.3) is 0 Å². The Morgan fingerprint density at radius 2 is 2.19 bits per heavy atom. The van der Waals surface area contributed by atoms with Crippen molar-refractivity contribution in [1.82, 2.24) is 4.98 Å². The van der Waals surface area contributed by atoms with Crippen molar-refractivity contribution in [3.8, 4) is 5.75 Å². The van der Waals surface area contributed by atoms with Gasteiger partial charge in [-0.15, -0.1) is 11.3 Å². The molecular formula is C12H12FNOS. The van der Waals surface area contributed by atoms with Gasteiger partial charge in [0.15, 0.2) is 0 Å². The smallest absolute Gasteiger partial charge is 0.131 e. The molecule has 0 spiro atoms. The van der Waals surface area contributed by atoms with Crippen molar-refractivity contribution in [3.05, 3.63) is 45.7 Å². The topological polar surface area (TPSA) is 22.1 Å². The molecule has 0 fully saturated rings. The van der Waals surface area contributed by atoms with E-state index in [1.165, 1.54) is 12.1 Å². The van der Waals surface area contributed by atoms with Crippen LogP contribution in [0.15, 0.2) is 23.6 Å². The zero-order valence-electron chi connectivity index (χ0n) is 9.16. The van der Waals surface area contributed by atoms with Crippen LogP contribution in [0.5, 0.6) is 5.75 Å². The van der Waals surface area contributed by atoms with E-state index in [0.717, 1.165) is 16.3 Å². The minimum atomic E-state index is -0.241. The zero-order chi connectivity index (χ0) is 11.5. The maximum atomic E-state index is 12.8. The molecule has 1 heterocycles. The third kappa shape index (κ3) is 2.58. The summed E-state index contributed by atoms with van der Waals surface area (Å²) >= 11 is 1.60. The number of aryl methyl sites for hydroxylation is 2. The maximum Gasteiger partial charge on any atom is 0.131 e. The van der Waals surface area contributed by atoms with Gasteiger partial charge in [0.1, 0.15) is 18.2 Å². The monoisotopic (exact) mass is 237 g/mol. The van der Waals surface area contributed by atoms with Gasteiger partial charge in [-0.25, -0.2) is 9.37 Å². The van der Waals surface area contributed by atoms with E-state index in [1.54, 1.807) is 17.4 Å². The molecule has 0 N–H and O–H groups in total. The SMILES string of the molecule is Cc1nc(COc2ccc(F)cc2C)cs1. The lowest BCUT2D eigenvalue weighted by molar-refractivity contribution is 0.299. The number of rotatable bonds is 3. The average molecular weight is 237 g/mol. The fourth-order valence-corrected chi connectivity index (χ4v) is 2.00. The highest BCUT2D eigenvalue weighted by molar-refractivity contribution is 7.09. The Bertz CT molecular complexity index is 496. The molecule has 0 atom stereocenters. The summed E-state index contributed by atoms with van der Waals surface area (Å²) in [7, 11) is 0. The molecule has 2 nitrogen and oxygen atoms in total. The van der Waals surface area contributed by atoms with Gasteiger partial charge in [-0.2, -0.15) is 0 Å². The Balaban J connectivity index is 2.04. The highest BCUT2D eigenvalue weighted by Crippen LogP contribution is 2.20. The Morgan fingerprint density at radius 1 is 1.38 bits per heavy atom. The Kier molecular flexibility index (Phi) is 3.19. The van der Waals surface area contributed by atoms with Crippen LogP contribution in [0.25, 0.3) is 0 Å². The van der Waals surface area contributed by atoms with Crippen LogP contribution in [0.1, 0.15) is 16.3 Å². The quantitative estimate of drug-likeness (QED) is 0.815. The molecule has 0 saturated heterocycles. The molecule has 0 aliphatic heterocycles. The molecule has 4 heteroatoms. The fraction of sp³-hybridized carbons (Fsp3) is 0.250. The number of aromatic nitrogens is 1. The van der Waals surface area contributed by atoms with Gasteiger partial charge < -0.3 is 4.74 Å². The van der Waals surface area contributed by atoms with E-state index in [0.29, 0.717) is 12.4 Å². The normalized spacial score (nSPS) is 10.4. The molecule has 16 heavy (non-hydrogen) atoms. The molecule has 84 valence electrons. The number of nitrogens with zero attached hydrogens (tertiary/aromatic N) is 1. The lowest BCUT2D eigenvalue weighted by Crippen LogP contribution is -1.97. The van der Waals surface area contributed by atoms with Crippen molar-refractivity contribution in [1.29, 1.82) is 0 Å². The van der Waals surface area contributed by atoms with Crippen molar-refractivity contribution in [2.75, 3.05) is 0 Å². The maximum absolute atomic E-state index is 12.8. The summed E-state index contributed by atoms with van der Waals surface area (Å²) in [6, 6.07) is 4.50. The molecule has 2 aromatic rings. The molecule has 0 radical (unpaired) electrons. The minimum absolute atomic E-state index is 0.241. The number of ether oxygens (including phenoxy) is 1. The summed E-state index contributed by atoms with van der Waals surface area (Å²) in [5.74, 6) is 0.460. The van der Waals surface area contributed by atoms with Crippen LogP contribution in [-0.4, -0.2) is 4.98 Å². The van der Waals surface area contributed by atoms with Crippen molar-refractivity contribution in [2.45, 2.75) is 20.5 Å². The molecule has 0 bridgehead atoms. The first-order valence-electron chi connectivity index (χ1n) is 4.95. The first kappa shape index (κ1) is 11.1. The number of hydrogen-bond donors (Lipinski definition) is 0. The Hall–Kier alpha value is -1.42. The highest BCUT2D eigenvalue weighted by atomic mass is 32.1. The van der Waals surface area contributed by atoms with Crippen molar-refractivity contribution < 1.29 is 9.13 Å². The van der Waals surface area contributed by atoms with Crippen LogP contribution < -0.4 is 4.74 Å². The first-order chi connectivity index (χ1) is 7.65. The van der Waals surface area contributed by atoms with E-state index in [4.69, 9.17) is 4.74 Å². The van der Waals surface area contributed by atoms with E-state index < -0.39 is 0 Å². The van der Waals surface area contributed by atoms with Crippen LogP contribution in [0.3, 0.4) is 0 Å². The second-order valence-corrected chi connectivity index (χ2v) is 4.62. The molecule has 0 aliphatic rings. The Labute approximate surface area is 97.7 Å². The second kappa shape index (κ2) is 4.61. The van der Waals surface area contributed by atoms with Crippen molar-refractivity contribution in [2.24, 2.45) is 0 Å². The third-order valence-corrected chi connectivity index (χ3v) is 3.00. The zero-order valence-corrected chi connectivity index (χ0v) is 9.97. The molecule has 0 saturated carbocycles. The van der Waals surface area contributed by atoms with Gasteiger partial charge in [-0.1, -0.05) is 0 Å². The standard InChI is InChI=1S/C12H12FNOS/c1-8-5-10(13)3-4-12(8)15-6-11-7-16-9(2)14-11/h3-5,7H,6H2,1-2H3. The number of thiazole rings is 1. The van der Waals surface area contributed by atoms with Gasteiger partial charge in [0.2, 0.25) is 0 Å². The summed E-state index contributed by atoms with van der Waals surface area (Å²) in [4.78, 5) is 4.29. The van der Waals surface area contributed by atoms with E-state index in [1.807, 2.05) is 19.2 Å². The van der Waals surface area contributed by atoms with E-state index >= 15 is 0 Å². The summed E-state index contributed by atoms with van der Waals surface area (Å²) in [6.45, 7) is 4.21. The first-order valence-corrected chi connectivity index (χ1v) is 5.83. The van der Waals surface area contributed by atoms with E-state index in [9.17, 15) is 4.39 Å².